The Labute approximate surface area is 181 Å². The molecule has 0 bridgehead atoms. The molecule has 0 spiro atoms. The van der Waals surface area contributed by atoms with Crippen molar-refractivity contribution in [3.05, 3.63) is 88.9 Å². The van der Waals surface area contributed by atoms with E-state index in [1.807, 2.05) is 42.5 Å². The number of piperazine rings is 1. The monoisotopic (exact) mass is 421 g/mol. The Morgan fingerprint density at radius 2 is 1.57 bits per heavy atom. The average molecular weight is 422 g/mol. The smallest absolute Gasteiger partial charge is 0.255 e. The fourth-order valence-electron chi connectivity index (χ4n) is 3.60. The zero-order valence-corrected chi connectivity index (χ0v) is 17.3. The third-order valence-corrected chi connectivity index (χ3v) is 5.71. The van der Waals surface area contributed by atoms with Crippen molar-refractivity contribution in [2.75, 3.05) is 36.4 Å². The van der Waals surface area contributed by atoms with Gasteiger partial charge in [-0.25, -0.2) is 0 Å². The van der Waals surface area contributed by atoms with E-state index in [1.165, 1.54) is 0 Å². The highest BCUT2D eigenvalue weighted by molar-refractivity contribution is 6.31. The maximum absolute atomic E-state index is 12.4. The number of carbonyl (C=O) groups is 1. The molecule has 4 rings (SSSR count). The first kappa shape index (κ1) is 20.3. The van der Waals surface area contributed by atoms with Crippen LogP contribution < -0.4 is 10.2 Å². The third-order valence-electron chi connectivity index (χ3n) is 5.34. The number of anilines is 2. The minimum Gasteiger partial charge on any atom is -0.508 e. The molecule has 1 aliphatic heterocycles. The van der Waals surface area contributed by atoms with E-state index in [0.717, 1.165) is 49.0 Å². The first-order valence-electron chi connectivity index (χ1n) is 10.00. The van der Waals surface area contributed by atoms with Gasteiger partial charge in [0, 0.05) is 54.7 Å². The van der Waals surface area contributed by atoms with Crippen LogP contribution in [0, 0.1) is 0 Å². The van der Waals surface area contributed by atoms with Crippen LogP contribution in [0.3, 0.4) is 0 Å². The molecule has 6 heteroatoms. The van der Waals surface area contributed by atoms with Gasteiger partial charge in [-0.05, 0) is 60.2 Å². The highest BCUT2D eigenvalue weighted by Gasteiger charge is 2.18. The summed E-state index contributed by atoms with van der Waals surface area (Å²) in [5.74, 6) is 0.00103. The van der Waals surface area contributed by atoms with E-state index in [1.54, 1.807) is 24.3 Å². The lowest BCUT2D eigenvalue weighted by Crippen LogP contribution is -2.46. The second-order valence-corrected chi connectivity index (χ2v) is 7.81. The topological polar surface area (TPSA) is 55.8 Å². The van der Waals surface area contributed by atoms with Crippen LogP contribution in [0.5, 0.6) is 5.75 Å². The number of amides is 1. The van der Waals surface area contributed by atoms with Gasteiger partial charge in [-0.3, -0.25) is 9.69 Å². The molecule has 1 amide bonds. The van der Waals surface area contributed by atoms with Crippen molar-refractivity contribution in [1.29, 1.82) is 0 Å². The van der Waals surface area contributed by atoms with Gasteiger partial charge in [0.15, 0.2) is 0 Å². The van der Waals surface area contributed by atoms with E-state index < -0.39 is 0 Å². The van der Waals surface area contributed by atoms with Gasteiger partial charge in [0.1, 0.15) is 5.75 Å². The number of carbonyl (C=O) groups excluding carboxylic acids is 1. The summed E-state index contributed by atoms with van der Waals surface area (Å²) in [5.41, 5.74) is 3.53. The van der Waals surface area contributed by atoms with Gasteiger partial charge in [0.2, 0.25) is 0 Å². The number of hydrogen-bond acceptors (Lipinski definition) is 4. The lowest BCUT2D eigenvalue weighted by atomic mass is 10.1. The van der Waals surface area contributed by atoms with Gasteiger partial charge in [-0.2, -0.15) is 0 Å². The lowest BCUT2D eigenvalue weighted by Gasteiger charge is -2.36. The fraction of sp³-hybridized carbons (Fsp3) is 0.208. The fourth-order valence-corrected chi connectivity index (χ4v) is 3.80. The van der Waals surface area contributed by atoms with Crippen molar-refractivity contribution < 1.29 is 9.90 Å². The van der Waals surface area contributed by atoms with E-state index >= 15 is 0 Å². The molecule has 0 aliphatic carbocycles. The van der Waals surface area contributed by atoms with Gasteiger partial charge in [0.25, 0.3) is 5.91 Å². The van der Waals surface area contributed by atoms with E-state index in [9.17, 15) is 9.90 Å². The van der Waals surface area contributed by atoms with E-state index in [-0.39, 0.29) is 11.7 Å². The quantitative estimate of drug-likeness (QED) is 0.590. The third kappa shape index (κ3) is 4.93. The Morgan fingerprint density at radius 1 is 0.900 bits per heavy atom. The first-order chi connectivity index (χ1) is 14.6. The predicted molar refractivity (Wildman–Crippen MR) is 121 cm³/mol. The summed E-state index contributed by atoms with van der Waals surface area (Å²) in [6.45, 7) is 4.67. The second kappa shape index (κ2) is 9.20. The van der Waals surface area contributed by atoms with Crippen molar-refractivity contribution in [2.45, 2.75) is 6.54 Å². The molecule has 30 heavy (non-hydrogen) atoms. The van der Waals surface area contributed by atoms with Crippen molar-refractivity contribution >= 4 is 28.9 Å². The summed E-state index contributed by atoms with van der Waals surface area (Å²) in [4.78, 5) is 17.2. The highest BCUT2D eigenvalue weighted by Crippen LogP contribution is 2.21. The number of nitrogens with one attached hydrogen (secondary N) is 1. The zero-order chi connectivity index (χ0) is 20.9. The van der Waals surface area contributed by atoms with Gasteiger partial charge in [-0.1, -0.05) is 29.8 Å². The Morgan fingerprint density at radius 3 is 2.23 bits per heavy atom. The Bertz CT molecular complexity index is 998. The first-order valence-corrected chi connectivity index (χ1v) is 10.4. The standard InChI is InChI=1S/C24H24ClN3O2/c25-23-4-2-1-3-19(23)17-27-13-15-28(16-14-27)21-9-5-18(6-10-21)24(30)26-20-7-11-22(29)12-8-20/h1-12,29H,13-17H2,(H,26,30). The van der Waals surface area contributed by atoms with Crippen LogP contribution in [-0.4, -0.2) is 42.1 Å². The van der Waals surface area contributed by atoms with Crippen LogP contribution in [0.2, 0.25) is 5.02 Å². The summed E-state index contributed by atoms with van der Waals surface area (Å²) < 4.78 is 0. The number of halogens is 1. The largest absolute Gasteiger partial charge is 0.508 e. The molecule has 2 N–H and O–H groups in total. The zero-order valence-electron chi connectivity index (χ0n) is 16.6. The van der Waals surface area contributed by atoms with Crippen molar-refractivity contribution in [3.8, 4) is 5.75 Å². The van der Waals surface area contributed by atoms with Gasteiger partial charge < -0.3 is 15.3 Å². The summed E-state index contributed by atoms with van der Waals surface area (Å²) >= 11 is 6.29. The number of benzene rings is 3. The van der Waals surface area contributed by atoms with Gasteiger partial charge >= 0.3 is 0 Å². The predicted octanol–water partition coefficient (Wildman–Crippen LogP) is 4.62. The van der Waals surface area contributed by atoms with Gasteiger partial charge in [-0.15, -0.1) is 0 Å². The molecule has 0 saturated carbocycles. The van der Waals surface area contributed by atoms with Gasteiger partial charge in [0.05, 0.1) is 0 Å². The summed E-state index contributed by atoms with van der Waals surface area (Å²) in [6, 6.07) is 22.1. The molecule has 1 aliphatic rings. The minimum absolute atomic E-state index is 0.170. The van der Waals surface area contributed by atoms with E-state index in [0.29, 0.717) is 11.3 Å². The molecule has 0 radical (unpaired) electrons. The summed E-state index contributed by atoms with van der Waals surface area (Å²) in [5, 5.41) is 13.0. The number of aromatic hydroxyl groups is 1. The molecular formula is C24H24ClN3O2. The Hall–Kier alpha value is -3.02. The molecule has 154 valence electrons. The van der Waals surface area contributed by atoms with Crippen LogP contribution in [0.25, 0.3) is 0 Å². The lowest BCUT2D eigenvalue weighted by molar-refractivity contribution is 0.102. The Kier molecular flexibility index (Phi) is 6.21. The molecule has 3 aromatic rings. The van der Waals surface area contributed by atoms with Crippen LogP contribution in [-0.2, 0) is 6.54 Å². The summed E-state index contributed by atoms with van der Waals surface area (Å²) in [7, 11) is 0. The molecule has 0 unspecified atom stereocenters. The SMILES string of the molecule is O=C(Nc1ccc(O)cc1)c1ccc(N2CCN(Cc3ccccc3Cl)CC2)cc1. The molecule has 1 saturated heterocycles. The maximum atomic E-state index is 12.4. The molecular weight excluding hydrogens is 398 g/mol. The molecule has 0 atom stereocenters. The molecule has 3 aromatic carbocycles. The minimum atomic E-state index is -0.170. The number of nitrogens with zero attached hydrogens (tertiary/aromatic N) is 2. The second-order valence-electron chi connectivity index (χ2n) is 7.40. The molecule has 1 heterocycles. The van der Waals surface area contributed by atoms with Crippen LogP contribution in [0.4, 0.5) is 11.4 Å². The number of rotatable bonds is 5. The number of hydrogen-bond donors (Lipinski definition) is 2. The summed E-state index contributed by atoms with van der Waals surface area (Å²) in [6.07, 6.45) is 0. The van der Waals surface area contributed by atoms with Crippen molar-refractivity contribution in [2.24, 2.45) is 0 Å². The van der Waals surface area contributed by atoms with Crippen LogP contribution in [0.1, 0.15) is 15.9 Å². The van der Waals surface area contributed by atoms with Crippen molar-refractivity contribution in [3.63, 3.8) is 0 Å². The van der Waals surface area contributed by atoms with Crippen molar-refractivity contribution in [1.82, 2.24) is 4.90 Å². The number of phenols is 1. The van der Waals surface area contributed by atoms with E-state index in [2.05, 4.69) is 21.2 Å². The average Bonchev–Trinajstić information content (AvgIpc) is 2.77. The normalized spacial score (nSPS) is 14.5. The molecule has 5 nitrogen and oxygen atoms in total. The number of phenolic OH excluding ortho intramolecular Hbond substituents is 1. The maximum Gasteiger partial charge on any atom is 0.255 e. The Balaban J connectivity index is 1.32. The molecule has 1 fully saturated rings. The highest BCUT2D eigenvalue weighted by atomic mass is 35.5. The molecule has 0 aromatic heterocycles. The van der Waals surface area contributed by atoms with E-state index in [4.69, 9.17) is 11.6 Å². The van der Waals surface area contributed by atoms with Crippen LogP contribution in [0.15, 0.2) is 72.8 Å². The van der Waals surface area contributed by atoms with Crippen LogP contribution >= 0.6 is 11.6 Å².